The lowest BCUT2D eigenvalue weighted by Gasteiger charge is -2.09. The van der Waals surface area contributed by atoms with E-state index >= 15 is 0 Å². The van der Waals surface area contributed by atoms with Crippen LogP contribution in [0.5, 0.6) is 5.75 Å². The van der Waals surface area contributed by atoms with Crippen molar-refractivity contribution in [2.45, 2.75) is 45.4 Å². The number of hydrogen-bond acceptors (Lipinski definition) is 1. The quantitative estimate of drug-likeness (QED) is 0.441. The Morgan fingerprint density at radius 3 is 2.78 bits per heavy atom. The summed E-state index contributed by atoms with van der Waals surface area (Å²) in [5, 5.41) is 0. The monoisotopic (exact) mass is 245 g/mol. The highest BCUT2D eigenvalue weighted by Gasteiger charge is 2.01. The van der Waals surface area contributed by atoms with Crippen LogP contribution in [0.1, 0.15) is 44.6 Å². The van der Waals surface area contributed by atoms with E-state index in [2.05, 4.69) is 44.2 Å². The number of hydrogen-bond donors (Lipinski definition) is 0. The Balaban J connectivity index is 2.43. The lowest BCUT2D eigenvalue weighted by atomic mass is 10.1. The average Bonchev–Trinajstić information content (AvgIpc) is 2.40. The summed E-state index contributed by atoms with van der Waals surface area (Å²) in [5.41, 5.74) is 1.31. The number of unbranched alkanes of at least 4 members (excludes halogenated alkanes) is 3. The van der Waals surface area contributed by atoms with Gasteiger partial charge in [0.2, 0.25) is 0 Å². The van der Waals surface area contributed by atoms with E-state index < -0.39 is 0 Å². The summed E-state index contributed by atoms with van der Waals surface area (Å²) in [7, 11) is 0. The Kier molecular flexibility index (Phi) is 8.03. The van der Waals surface area contributed by atoms with Gasteiger partial charge in [-0.25, -0.2) is 0 Å². The highest BCUT2D eigenvalue weighted by molar-refractivity contribution is 5.33. The second-order valence-electron chi connectivity index (χ2n) is 4.49. The molecule has 0 saturated heterocycles. The van der Waals surface area contributed by atoms with E-state index in [0.29, 0.717) is 6.61 Å². The Morgan fingerprint density at radius 2 is 2.00 bits per heavy atom. The molecule has 0 N–H and O–H groups in total. The van der Waals surface area contributed by atoms with E-state index in [1.54, 1.807) is 0 Å². The van der Waals surface area contributed by atoms with Crippen LogP contribution < -0.4 is 4.74 Å². The molecule has 0 aliphatic carbocycles. The van der Waals surface area contributed by atoms with Crippen molar-refractivity contribution in [3.05, 3.63) is 48.9 Å². The minimum atomic E-state index is 0.673. The van der Waals surface area contributed by atoms with Crippen LogP contribution in [0.2, 0.25) is 0 Å². The van der Waals surface area contributed by atoms with Crippen molar-refractivity contribution in [1.82, 2.24) is 0 Å². The van der Waals surface area contributed by atoms with Crippen LogP contribution in [0.25, 0.3) is 0 Å². The standard InChI is InChI=1S/C17H25O/c1-3-5-7-11-15-18-17-14-10-9-13-16(17)12-8-6-4-2/h7,9-11,13-14H,2-6,8,12,15H2,1H3/b11-7+. The van der Waals surface area contributed by atoms with E-state index in [1.165, 1.54) is 24.8 Å². The zero-order chi connectivity index (χ0) is 13.1. The number of benzene rings is 1. The summed E-state index contributed by atoms with van der Waals surface area (Å²) in [5.74, 6) is 1.03. The maximum Gasteiger partial charge on any atom is 0.122 e. The summed E-state index contributed by atoms with van der Waals surface area (Å²) < 4.78 is 5.81. The van der Waals surface area contributed by atoms with Crippen molar-refractivity contribution in [2.75, 3.05) is 6.61 Å². The summed E-state index contributed by atoms with van der Waals surface area (Å²) in [4.78, 5) is 0. The molecule has 1 aromatic rings. The predicted octanol–water partition coefficient (Wildman–Crippen LogP) is 4.97. The SMILES string of the molecule is [CH2]CCCCc1ccccc1OC/C=C/CCC. The van der Waals surface area contributed by atoms with Gasteiger partial charge in [-0.05, 0) is 30.9 Å². The first-order valence-corrected chi connectivity index (χ1v) is 7.03. The fourth-order valence-corrected chi connectivity index (χ4v) is 1.83. The van der Waals surface area contributed by atoms with Gasteiger partial charge in [0.1, 0.15) is 12.4 Å². The largest absolute Gasteiger partial charge is 0.489 e. The second kappa shape index (κ2) is 9.76. The Bertz CT molecular complexity index is 341. The molecule has 1 aromatic carbocycles. The molecule has 0 aromatic heterocycles. The third-order valence-corrected chi connectivity index (χ3v) is 2.88. The maximum atomic E-state index is 5.81. The Hall–Kier alpha value is -1.24. The number of para-hydroxylation sites is 1. The molecule has 0 aliphatic rings. The molecule has 1 nitrogen and oxygen atoms in total. The van der Waals surface area contributed by atoms with Gasteiger partial charge in [0.05, 0.1) is 0 Å². The first kappa shape index (κ1) is 14.8. The molecule has 1 heteroatoms. The normalized spacial score (nSPS) is 11.0. The van der Waals surface area contributed by atoms with Crippen molar-refractivity contribution < 1.29 is 4.74 Å². The summed E-state index contributed by atoms with van der Waals surface area (Å²) in [6.45, 7) is 6.73. The lowest BCUT2D eigenvalue weighted by Crippen LogP contribution is -1.97. The van der Waals surface area contributed by atoms with Crippen molar-refractivity contribution in [2.24, 2.45) is 0 Å². The summed E-state index contributed by atoms with van der Waals surface area (Å²) in [6, 6.07) is 8.34. The molecule has 18 heavy (non-hydrogen) atoms. The lowest BCUT2D eigenvalue weighted by molar-refractivity contribution is 0.358. The topological polar surface area (TPSA) is 9.23 Å². The Morgan fingerprint density at radius 1 is 1.17 bits per heavy atom. The van der Waals surface area contributed by atoms with Crippen molar-refractivity contribution in [3.8, 4) is 5.75 Å². The average molecular weight is 245 g/mol. The molecule has 0 atom stereocenters. The van der Waals surface area contributed by atoms with Crippen LogP contribution in [0.4, 0.5) is 0 Å². The van der Waals surface area contributed by atoms with Crippen LogP contribution in [0, 0.1) is 6.92 Å². The minimum absolute atomic E-state index is 0.673. The number of allylic oxidation sites excluding steroid dienone is 1. The molecule has 0 unspecified atom stereocenters. The van der Waals surface area contributed by atoms with Gasteiger partial charge in [-0.1, -0.05) is 63.5 Å². The zero-order valence-corrected chi connectivity index (χ0v) is 11.5. The van der Waals surface area contributed by atoms with Gasteiger partial charge in [0.15, 0.2) is 0 Å². The molecule has 0 spiro atoms. The van der Waals surface area contributed by atoms with Crippen LogP contribution >= 0.6 is 0 Å². The molecule has 1 radical (unpaired) electrons. The second-order valence-corrected chi connectivity index (χ2v) is 4.49. The van der Waals surface area contributed by atoms with Gasteiger partial charge in [0, 0.05) is 0 Å². The minimum Gasteiger partial charge on any atom is -0.489 e. The van der Waals surface area contributed by atoms with Crippen molar-refractivity contribution in [3.63, 3.8) is 0 Å². The summed E-state index contributed by atoms with van der Waals surface area (Å²) >= 11 is 0. The van der Waals surface area contributed by atoms with Gasteiger partial charge in [-0.15, -0.1) is 0 Å². The molecule has 0 bridgehead atoms. The van der Waals surface area contributed by atoms with E-state index in [4.69, 9.17) is 4.74 Å². The molecular weight excluding hydrogens is 220 g/mol. The number of aryl methyl sites for hydroxylation is 1. The molecular formula is C17H25O. The molecule has 0 heterocycles. The smallest absolute Gasteiger partial charge is 0.122 e. The highest BCUT2D eigenvalue weighted by Crippen LogP contribution is 2.20. The number of rotatable bonds is 9. The van der Waals surface area contributed by atoms with Crippen molar-refractivity contribution >= 4 is 0 Å². The predicted molar refractivity (Wildman–Crippen MR) is 78.9 cm³/mol. The molecule has 0 fully saturated rings. The first-order chi connectivity index (χ1) is 8.88. The van der Waals surface area contributed by atoms with E-state index in [9.17, 15) is 0 Å². The molecule has 1 rings (SSSR count). The fourth-order valence-electron chi connectivity index (χ4n) is 1.83. The fraction of sp³-hybridized carbons (Fsp3) is 0.471. The number of ether oxygens (including phenoxy) is 1. The van der Waals surface area contributed by atoms with E-state index in [-0.39, 0.29) is 0 Å². The third kappa shape index (κ3) is 5.90. The molecule has 99 valence electrons. The molecule has 0 saturated carbocycles. The molecule has 0 amide bonds. The zero-order valence-electron chi connectivity index (χ0n) is 11.5. The van der Waals surface area contributed by atoms with Crippen LogP contribution in [0.3, 0.4) is 0 Å². The van der Waals surface area contributed by atoms with Gasteiger partial charge in [-0.2, -0.15) is 0 Å². The van der Waals surface area contributed by atoms with Gasteiger partial charge in [0.25, 0.3) is 0 Å². The van der Waals surface area contributed by atoms with Crippen LogP contribution in [0.15, 0.2) is 36.4 Å². The molecule has 0 aliphatic heterocycles. The highest BCUT2D eigenvalue weighted by atomic mass is 16.5. The maximum absolute atomic E-state index is 5.81. The summed E-state index contributed by atoms with van der Waals surface area (Å²) in [6.07, 6.45) is 11.1. The van der Waals surface area contributed by atoms with Gasteiger partial charge in [-0.3, -0.25) is 0 Å². The van der Waals surface area contributed by atoms with Crippen molar-refractivity contribution in [1.29, 1.82) is 0 Å². The third-order valence-electron chi connectivity index (χ3n) is 2.88. The Labute approximate surface area is 112 Å². The van der Waals surface area contributed by atoms with E-state index in [0.717, 1.165) is 25.0 Å². The van der Waals surface area contributed by atoms with Crippen LogP contribution in [-0.2, 0) is 6.42 Å². The van der Waals surface area contributed by atoms with Crippen LogP contribution in [-0.4, -0.2) is 6.61 Å². The van der Waals surface area contributed by atoms with E-state index in [1.807, 2.05) is 6.07 Å². The van der Waals surface area contributed by atoms with Gasteiger partial charge >= 0.3 is 0 Å². The van der Waals surface area contributed by atoms with Gasteiger partial charge < -0.3 is 4.74 Å². The first-order valence-electron chi connectivity index (χ1n) is 7.03.